The van der Waals surface area contributed by atoms with Gasteiger partial charge in [-0.3, -0.25) is 5.43 Å². The third-order valence-corrected chi connectivity index (χ3v) is 2.89. The number of hydrogen-bond acceptors (Lipinski definition) is 4. The summed E-state index contributed by atoms with van der Waals surface area (Å²) >= 11 is 0. The lowest BCUT2D eigenvalue weighted by molar-refractivity contribution is -0.137. The summed E-state index contributed by atoms with van der Waals surface area (Å²) in [5.74, 6) is 0.245. The van der Waals surface area contributed by atoms with Crippen molar-refractivity contribution in [2.45, 2.75) is 6.18 Å². The molecule has 1 N–H and O–H groups in total. The molecule has 0 aliphatic heterocycles. The smallest absolute Gasteiger partial charge is 0.378 e. The zero-order valence-corrected chi connectivity index (χ0v) is 12.1. The van der Waals surface area contributed by atoms with Gasteiger partial charge in [0.05, 0.1) is 11.8 Å². The molecule has 0 aliphatic carbocycles. The Hall–Kier alpha value is -2.57. The van der Waals surface area contributed by atoms with Crippen LogP contribution >= 0.6 is 0 Å². The average Bonchev–Trinajstić information content (AvgIpc) is 2.47. The van der Waals surface area contributed by atoms with Gasteiger partial charge in [-0.2, -0.15) is 18.3 Å². The molecule has 7 heteroatoms. The number of nitrogens with one attached hydrogen (secondary N) is 1. The number of benzene rings is 1. The first-order valence-corrected chi connectivity index (χ1v) is 6.46. The van der Waals surface area contributed by atoms with E-state index in [4.69, 9.17) is 0 Å². The summed E-state index contributed by atoms with van der Waals surface area (Å²) in [5, 5.41) is 3.95. The molecule has 1 aromatic heterocycles. The molecule has 0 amide bonds. The van der Waals surface area contributed by atoms with Crippen LogP contribution in [-0.4, -0.2) is 25.3 Å². The van der Waals surface area contributed by atoms with Crippen molar-refractivity contribution in [1.29, 1.82) is 0 Å². The third kappa shape index (κ3) is 4.21. The van der Waals surface area contributed by atoms with Gasteiger partial charge in [0.15, 0.2) is 0 Å². The molecule has 0 unspecified atom stereocenters. The van der Waals surface area contributed by atoms with Gasteiger partial charge in [-0.1, -0.05) is 12.1 Å². The highest BCUT2D eigenvalue weighted by molar-refractivity contribution is 5.80. The molecule has 2 rings (SSSR count). The Bertz CT molecular complexity index is 631. The van der Waals surface area contributed by atoms with Crippen molar-refractivity contribution in [3.8, 4) is 0 Å². The number of halogens is 3. The van der Waals surface area contributed by atoms with Crippen LogP contribution in [0.1, 0.15) is 11.1 Å². The summed E-state index contributed by atoms with van der Waals surface area (Å²) in [6, 6.07) is 9.85. The van der Waals surface area contributed by atoms with E-state index in [1.54, 1.807) is 6.21 Å². The van der Waals surface area contributed by atoms with Crippen LogP contribution in [0, 0.1) is 0 Å². The Kier molecular flexibility index (Phi) is 4.65. The second kappa shape index (κ2) is 6.46. The molecule has 0 fully saturated rings. The van der Waals surface area contributed by atoms with E-state index in [0.29, 0.717) is 0 Å². The minimum atomic E-state index is -4.39. The number of aromatic nitrogens is 1. The topological polar surface area (TPSA) is 40.5 Å². The van der Waals surface area contributed by atoms with Gasteiger partial charge >= 0.3 is 6.18 Å². The van der Waals surface area contributed by atoms with Crippen molar-refractivity contribution in [2.24, 2.45) is 5.10 Å². The van der Waals surface area contributed by atoms with Crippen LogP contribution in [0.4, 0.5) is 24.7 Å². The first-order valence-electron chi connectivity index (χ1n) is 6.46. The maximum Gasteiger partial charge on any atom is 0.417 e. The minimum absolute atomic E-state index is 0.245. The molecule has 0 bridgehead atoms. The normalized spacial score (nSPS) is 11.7. The third-order valence-electron chi connectivity index (χ3n) is 2.89. The van der Waals surface area contributed by atoms with Crippen LogP contribution < -0.4 is 10.3 Å². The van der Waals surface area contributed by atoms with Crippen molar-refractivity contribution >= 4 is 17.7 Å². The van der Waals surface area contributed by atoms with Crippen molar-refractivity contribution < 1.29 is 13.2 Å². The Morgan fingerprint density at radius 3 is 2.27 bits per heavy atom. The van der Waals surface area contributed by atoms with Crippen LogP contribution in [0.15, 0.2) is 47.7 Å². The maximum atomic E-state index is 12.4. The molecule has 4 nitrogen and oxygen atoms in total. The molecule has 0 saturated carbocycles. The minimum Gasteiger partial charge on any atom is -0.378 e. The summed E-state index contributed by atoms with van der Waals surface area (Å²) in [6.45, 7) is 0. The Morgan fingerprint density at radius 2 is 1.77 bits per heavy atom. The second-order valence-electron chi connectivity index (χ2n) is 4.79. The van der Waals surface area contributed by atoms with Gasteiger partial charge in [0.25, 0.3) is 0 Å². The molecule has 116 valence electrons. The van der Waals surface area contributed by atoms with E-state index in [1.807, 2.05) is 43.3 Å². The van der Waals surface area contributed by atoms with Gasteiger partial charge in [0.2, 0.25) is 0 Å². The molecule has 0 radical (unpaired) electrons. The molecular formula is C15H15F3N4. The van der Waals surface area contributed by atoms with E-state index >= 15 is 0 Å². The quantitative estimate of drug-likeness (QED) is 0.693. The summed E-state index contributed by atoms with van der Waals surface area (Å²) in [5.41, 5.74) is 3.73. The van der Waals surface area contributed by atoms with Crippen molar-refractivity contribution in [3.63, 3.8) is 0 Å². The standard InChI is InChI=1S/C15H15F3N4/c1-22(2)13-6-3-11(4-7-13)9-20-21-14-8-5-12(10-19-14)15(16,17)18/h3-10H,1-2H3,(H,19,21)/b20-9-. The fourth-order valence-corrected chi connectivity index (χ4v) is 1.66. The number of rotatable bonds is 4. The fraction of sp³-hybridized carbons (Fsp3) is 0.200. The van der Waals surface area contributed by atoms with Gasteiger partial charge in [-0.25, -0.2) is 4.98 Å². The zero-order valence-electron chi connectivity index (χ0n) is 12.1. The van der Waals surface area contributed by atoms with Crippen LogP contribution in [0.2, 0.25) is 0 Å². The van der Waals surface area contributed by atoms with Crippen LogP contribution in [0.25, 0.3) is 0 Å². The summed E-state index contributed by atoms with van der Waals surface area (Å²) in [7, 11) is 3.89. The second-order valence-corrected chi connectivity index (χ2v) is 4.79. The summed E-state index contributed by atoms with van der Waals surface area (Å²) < 4.78 is 37.2. The lowest BCUT2D eigenvalue weighted by atomic mass is 10.2. The zero-order chi connectivity index (χ0) is 16.2. The van der Waals surface area contributed by atoms with E-state index in [0.717, 1.165) is 23.5 Å². The van der Waals surface area contributed by atoms with Crippen LogP contribution in [0.5, 0.6) is 0 Å². The number of nitrogens with zero attached hydrogens (tertiary/aromatic N) is 3. The van der Waals surface area contributed by atoms with Gasteiger partial charge in [0, 0.05) is 26.0 Å². The highest BCUT2D eigenvalue weighted by Crippen LogP contribution is 2.28. The number of pyridine rings is 1. The van der Waals surface area contributed by atoms with Gasteiger partial charge in [-0.15, -0.1) is 0 Å². The molecule has 0 atom stereocenters. The largest absolute Gasteiger partial charge is 0.417 e. The molecule has 2 aromatic rings. The molecule has 0 saturated heterocycles. The number of hydrogen-bond donors (Lipinski definition) is 1. The predicted octanol–water partition coefficient (Wildman–Crippen LogP) is 3.61. The maximum absolute atomic E-state index is 12.4. The van der Waals surface area contributed by atoms with Gasteiger partial charge < -0.3 is 4.90 Å². The Morgan fingerprint density at radius 1 is 1.09 bits per heavy atom. The van der Waals surface area contributed by atoms with E-state index in [1.165, 1.54) is 6.07 Å². The van der Waals surface area contributed by atoms with E-state index in [2.05, 4.69) is 15.5 Å². The lowest BCUT2D eigenvalue weighted by Gasteiger charge is -2.11. The lowest BCUT2D eigenvalue weighted by Crippen LogP contribution is -2.08. The van der Waals surface area contributed by atoms with Crippen LogP contribution in [0.3, 0.4) is 0 Å². The molecule has 1 aromatic carbocycles. The first kappa shape index (κ1) is 15.8. The number of hydrazone groups is 1. The monoisotopic (exact) mass is 308 g/mol. The Balaban J connectivity index is 1.97. The predicted molar refractivity (Wildman–Crippen MR) is 81.2 cm³/mol. The molecule has 0 spiro atoms. The Labute approximate surface area is 126 Å². The highest BCUT2D eigenvalue weighted by Gasteiger charge is 2.30. The SMILES string of the molecule is CN(C)c1ccc(/C=N\Nc2ccc(C(F)(F)F)cn2)cc1. The highest BCUT2D eigenvalue weighted by atomic mass is 19.4. The molecule has 22 heavy (non-hydrogen) atoms. The molecular weight excluding hydrogens is 293 g/mol. The van der Waals surface area contributed by atoms with Gasteiger partial charge in [-0.05, 0) is 29.8 Å². The molecule has 1 heterocycles. The molecule has 0 aliphatic rings. The van der Waals surface area contributed by atoms with Crippen molar-refractivity contribution in [1.82, 2.24) is 4.98 Å². The van der Waals surface area contributed by atoms with E-state index in [-0.39, 0.29) is 5.82 Å². The summed E-state index contributed by atoms with van der Waals surface area (Å²) in [6.07, 6.45) is -2.05. The van der Waals surface area contributed by atoms with Crippen molar-refractivity contribution in [3.05, 3.63) is 53.7 Å². The number of alkyl halides is 3. The summed E-state index contributed by atoms with van der Waals surface area (Å²) in [4.78, 5) is 5.64. The first-order chi connectivity index (χ1) is 10.4. The number of anilines is 2. The van der Waals surface area contributed by atoms with Gasteiger partial charge in [0.1, 0.15) is 5.82 Å². The van der Waals surface area contributed by atoms with E-state index < -0.39 is 11.7 Å². The fourth-order valence-electron chi connectivity index (χ4n) is 1.66. The van der Waals surface area contributed by atoms with Crippen molar-refractivity contribution in [2.75, 3.05) is 24.4 Å². The van der Waals surface area contributed by atoms with Crippen LogP contribution in [-0.2, 0) is 6.18 Å². The van der Waals surface area contributed by atoms with E-state index in [9.17, 15) is 13.2 Å². The average molecular weight is 308 g/mol.